The lowest BCUT2D eigenvalue weighted by Crippen LogP contribution is -2.39. The van der Waals surface area contributed by atoms with Crippen molar-refractivity contribution in [2.45, 2.75) is 57.5 Å². The lowest BCUT2D eigenvalue weighted by atomic mass is 10.1. The van der Waals surface area contributed by atoms with E-state index in [1.54, 1.807) is 6.26 Å². The normalized spacial score (nSPS) is 24.1. The van der Waals surface area contributed by atoms with Crippen molar-refractivity contribution in [1.29, 1.82) is 0 Å². The first kappa shape index (κ1) is 17.2. The van der Waals surface area contributed by atoms with Crippen LogP contribution < -0.4 is 5.32 Å². The molecule has 4 heteroatoms. The zero-order valence-electron chi connectivity index (χ0n) is 14.6. The van der Waals surface area contributed by atoms with Crippen molar-refractivity contribution in [1.82, 2.24) is 10.2 Å². The highest BCUT2D eigenvalue weighted by atomic mass is 16.4. The number of aliphatic hydroxyl groups excluding tert-OH is 1. The Morgan fingerprint density at radius 1 is 1.25 bits per heavy atom. The fourth-order valence-electron chi connectivity index (χ4n) is 3.66. The highest BCUT2D eigenvalue weighted by molar-refractivity contribution is 5.15. The van der Waals surface area contributed by atoms with Gasteiger partial charge in [-0.25, -0.2) is 0 Å². The van der Waals surface area contributed by atoms with Crippen molar-refractivity contribution in [3.63, 3.8) is 0 Å². The van der Waals surface area contributed by atoms with Gasteiger partial charge in [0.05, 0.1) is 6.26 Å². The number of nitrogens with zero attached hydrogens (tertiary/aromatic N) is 1. The first-order chi connectivity index (χ1) is 11.6. The minimum absolute atomic E-state index is 0.249. The van der Waals surface area contributed by atoms with Gasteiger partial charge in [-0.05, 0) is 44.4 Å². The van der Waals surface area contributed by atoms with Gasteiger partial charge in [0.25, 0.3) is 0 Å². The number of nitrogens with one attached hydrogen (secondary N) is 1. The Balaban J connectivity index is 1.47. The van der Waals surface area contributed by atoms with Gasteiger partial charge in [0.15, 0.2) is 0 Å². The van der Waals surface area contributed by atoms with Gasteiger partial charge in [-0.3, -0.25) is 4.90 Å². The van der Waals surface area contributed by atoms with Gasteiger partial charge in [-0.15, -0.1) is 0 Å². The number of likely N-dealkylation sites (tertiary alicyclic amines) is 1. The first-order valence-electron chi connectivity index (χ1n) is 8.87. The van der Waals surface area contributed by atoms with Crippen LogP contribution in [-0.2, 0) is 6.54 Å². The van der Waals surface area contributed by atoms with Crippen molar-refractivity contribution >= 4 is 0 Å². The molecule has 130 valence electrons. The van der Waals surface area contributed by atoms with E-state index < -0.39 is 6.10 Å². The Kier molecular flexibility index (Phi) is 5.72. The molecule has 1 aliphatic rings. The fourth-order valence-corrected chi connectivity index (χ4v) is 3.66. The van der Waals surface area contributed by atoms with Crippen LogP contribution in [0.4, 0.5) is 0 Å². The van der Waals surface area contributed by atoms with Gasteiger partial charge in [-0.2, -0.15) is 0 Å². The number of rotatable bonds is 7. The molecular formula is C20H28N2O2. The number of aliphatic hydroxyl groups is 1. The topological polar surface area (TPSA) is 48.6 Å². The summed E-state index contributed by atoms with van der Waals surface area (Å²) in [6.45, 7) is 6.49. The van der Waals surface area contributed by atoms with E-state index in [1.165, 1.54) is 5.56 Å². The second-order valence-corrected chi connectivity index (χ2v) is 7.03. The summed E-state index contributed by atoms with van der Waals surface area (Å²) in [5.74, 6) is 0.647. The molecular weight excluding hydrogens is 300 g/mol. The maximum Gasteiger partial charge on any atom is 0.132 e. The third-order valence-electron chi connectivity index (χ3n) is 4.90. The average molecular weight is 328 g/mol. The van der Waals surface area contributed by atoms with E-state index in [4.69, 9.17) is 4.42 Å². The SMILES string of the molecule is CC(CC(O)c1ccco1)NC1CC(C)N(Cc2ccccc2)C1. The molecule has 0 amide bonds. The lowest BCUT2D eigenvalue weighted by Gasteiger charge is -2.22. The van der Waals surface area contributed by atoms with Crippen LogP contribution in [0.3, 0.4) is 0 Å². The zero-order chi connectivity index (χ0) is 16.9. The summed E-state index contributed by atoms with van der Waals surface area (Å²) in [6, 6.07) is 15.6. The molecule has 0 spiro atoms. The molecule has 4 unspecified atom stereocenters. The summed E-state index contributed by atoms with van der Waals surface area (Å²) in [5.41, 5.74) is 1.37. The van der Waals surface area contributed by atoms with Crippen LogP contribution in [0, 0.1) is 0 Å². The largest absolute Gasteiger partial charge is 0.467 e. The number of benzene rings is 1. The molecule has 2 N–H and O–H groups in total. The maximum absolute atomic E-state index is 10.2. The van der Waals surface area contributed by atoms with E-state index in [2.05, 4.69) is 54.4 Å². The third kappa shape index (κ3) is 4.47. The second-order valence-electron chi connectivity index (χ2n) is 7.03. The van der Waals surface area contributed by atoms with Crippen molar-refractivity contribution in [2.24, 2.45) is 0 Å². The number of furan rings is 1. The molecule has 1 aromatic carbocycles. The van der Waals surface area contributed by atoms with Gasteiger partial charge in [-0.1, -0.05) is 30.3 Å². The molecule has 0 bridgehead atoms. The number of hydrogen-bond acceptors (Lipinski definition) is 4. The molecule has 0 saturated carbocycles. The van der Waals surface area contributed by atoms with Crippen molar-refractivity contribution < 1.29 is 9.52 Å². The van der Waals surface area contributed by atoms with Gasteiger partial charge in [0, 0.05) is 31.2 Å². The predicted molar refractivity (Wildman–Crippen MR) is 95.6 cm³/mol. The highest BCUT2D eigenvalue weighted by Crippen LogP contribution is 2.23. The molecule has 4 atom stereocenters. The van der Waals surface area contributed by atoms with Gasteiger partial charge >= 0.3 is 0 Å². The zero-order valence-corrected chi connectivity index (χ0v) is 14.6. The summed E-state index contributed by atoms with van der Waals surface area (Å²) >= 11 is 0. The third-order valence-corrected chi connectivity index (χ3v) is 4.90. The molecule has 2 heterocycles. The van der Waals surface area contributed by atoms with Gasteiger partial charge in [0.1, 0.15) is 11.9 Å². The molecule has 4 nitrogen and oxygen atoms in total. The van der Waals surface area contributed by atoms with E-state index in [1.807, 2.05) is 12.1 Å². The smallest absolute Gasteiger partial charge is 0.132 e. The molecule has 1 saturated heterocycles. The molecule has 0 radical (unpaired) electrons. The Bertz CT molecular complexity index is 599. The van der Waals surface area contributed by atoms with E-state index >= 15 is 0 Å². The molecule has 0 aliphatic carbocycles. The minimum atomic E-state index is -0.540. The monoisotopic (exact) mass is 328 g/mol. The molecule has 3 rings (SSSR count). The summed E-state index contributed by atoms with van der Waals surface area (Å²) in [5, 5.41) is 13.9. The van der Waals surface area contributed by atoms with E-state index in [9.17, 15) is 5.11 Å². The first-order valence-corrected chi connectivity index (χ1v) is 8.87. The second kappa shape index (κ2) is 7.97. The van der Waals surface area contributed by atoms with Crippen LogP contribution in [-0.4, -0.2) is 34.7 Å². The lowest BCUT2D eigenvalue weighted by molar-refractivity contribution is 0.126. The van der Waals surface area contributed by atoms with Crippen LogP contribution >= 0.6 is 0 Å². The van der Waals surface area contributed by atoms with Crippen LogP contribution in [0.2, 0.25) is 0 Å². The Hall–Kier alpha value is -1.62. The minimum Gasteiger partial charge on any atom is -0.467 e. The molecule has 2 aromatic rings. The van der Waals surface area contributed by atoms with E-state index in [0.29, 0.717) is 24.3 Å². The van der Waals surface area contributed by atoms with Crippen molar-refractivity contribution in [2.75, 3.05) is 6.54 Å². The standard InChI is InChI=1S/C20H28N2O2/c1-15(11-19(23)20-9-6-10-24-20)21-18-12-16(2)22(14-18)13-17-7-4-3-5-8-17/h3-10,15-16,18-19,21,23H,11-14H2,1-2H3. The van der Waals surface area contributed by atoms with Crippen LogP contribution in [0.15, 0.2) is 53.1 Å². The summed E-state index contributed by atoms with van der Waals surface area (Å²) in [6.07, 6.45) is 2.88. The van der Waals surface area contributed by atoms with E-state index in [-0.39, 0.29) is 6.04 Å². The van der Waals surface area contributed by atoms with Gasteiger partial charge < -0.3 is 14.8 Å². The molecule has 1 fully saturated rings. The Morgan fingerprint density at radius 3 is 2.75 bits per heavy atom. The fraction of sp³-hybridized carbons (Fsp3) is 0.500. The predicted octanol–water partition coefficient (Wildman–Crippen LogP) is 3.34. The molecule has 24 heavy (non-hydrogen) atoms. The summed E-state index contributed by atoms with van der Waals surface area (Å²) in [7, 11) is 0. The maximum atomic E-state index is 10.2. The van der Waals surface area contributed by atoms with Crippen LogP contribution in [0.5, 0.6) is 0 Å². The van der Waals surface area contributed by atoms with Crippen molar-refractivity contribution in [3.8, 4) is 0 Å². The van der Waals surface area contributed by atoms with Gasteiger partial charge in [0.2, 0.25) is 0 Å². The average Bonchev–Trinajstić information content (AvgIpc) is 3.19. The van der Waals surface area contributed by atoms with Crippen molar-refractivity contribution in [3.05, 3.63) is 60.1 Å². The Labute approximate surface area is 144 Å². The molecule has 1 aromatic heterocycles. The highest BCUT2D eigenvalue weighted by Gasteiger charge is 2.30. The Morgan fingerprint density at radius 2 is 2.04 bits per heavy atom. The quantitative estimate of drug-likeness (QED) is 0.818. The van der Waals surface area contributed by atoms with E-state index in [0.717, 1.165) is 19.5 Å². The summed E-state index contributed by atoms with van der Waals surface area (Å²) in [4.78, 5) is 2.53. The number of hydrogen-bond donors (Lipinski definition) is 2. The van der Waals surface area contributed by atoms with Crippen LogP contribution in [0.1, 0.15) is 44.1 Å². The van der Waals surface area contributed by atoms with Crippen LogP contribution in [0.25, 0.3) is 0 Å². The molecule has 1 aliphatic heterocycles. The summed E-state index contributed by atoms with van der Waals surface area (Å²) < 4.78 is 5.28.